The second-order valence-electron chi connectivity index (χ2n) is 7.36. The van der Waals surface area contributed by atoms with Gasteiger partial charge in [-0.05, 0) is 57.2 Å². The maximum Gasteiger partial charge on any atom is 0.0959 e. The van der Waals surface area contributed by atoms with Crippen molar-refractivity contribution in [1.82, 2.24) is 15.2 Å². The Hall–Kier alpha value is -0.160. The van der Waals surface area contributed by atoms with Gasteiger partial charge in [-0.2, -0.15) is 0 Å². The summed E-state index contributed by atoms with van der Waals surface area (Å²) in [5, 5.41) is 4.92. The van der Waals surface area contributed by atoms with Crippen molar-refractivity contribution in [2.75, 3.05) is 26.2 Å². The molecule has 4 rings (SSSR count). The fourth-order valence-corrected chi connectivity index (χ4v) is 5.63. The molecule has 2 saturated heterocycles. The Morgan fingerprint density at radius 3 is 2.77 bits per heavy atom. The molecule has 0 bridgehead atoms. The Labute approximate surface area is 144 Å². The van der Waals surface area contributed by atoms with Gasteiger partial charge in [0.2, 0.25) is 0 Å². The molecule has 1 saturated carbocycles. The number of nitrogens with zero attached hydrogens (tertiary/aromatic N) is 2. The molecule has 1 aliphatic carbocycles. The molecule has 5 heteroatoms. The van der Waals surface area contributed by atoms with Gasteiger partial charge in [-0.1, -0.05) is 12.8 Å². The van der Waals surface area contributed by atoms with Crippen molar-refractivity contribution in [1.29, 1.82) is 0 Å². The molecule has 3 fully saturated rings. The molecule has 1 aromatic heterocycles. The third-order valence-electron chi connectivity index (χ3n) is 5.84. The van der Waals surface area contributed by atoms with Crippen molar-refractivity contribution in [2.45, 2.75) is 57.4 Å². The maximum atomic E-state index is 4.73. The van der Waals surface area contributed by atoms with Gasteiger partial charge >= 0.3 is 0 Å². The molecule has 124 valence electrons. The lowest BCUT2D eigenvalue weighted by Gasteiger charge is -2.33. The van der Waals surface area contributed by atoms with Crippen LogP contribution in [0.3, 0.4) is 0 Å². The normalized spacial score (nSPS) is 25.6. The average Bonchev–Trinajstić information content (AvgIpc) is 3.22. The van der Waals surface area contributed by atoms with Gasteiger partial charge in [-0.15, -0.1) is 23.7 Å². The van der Waals surface area contributed by atoms with E-state index in [9.17, 15) is 0 Å². The SMILES string of the molecule is Cl.c1nc(C2CCCC2)sc1CN1CCC2(CCNCC2)C1. The van der Waals surface area contributed by atoms with E-state index in [0.29, 0.717) is 5.41 Å². The third-order valence-corrected chi connectivity index (χ3v) is 6.98. The zero-order chi connectivity index (χ0) is 14.1. The Bertz CT molecular complexity index is 478. The number of piperidine rings is 1. The van der Waals surface area contributed by atoms with Crippen LogP contribution < -0.4 is 5.32 Å². The quantitative estimate of drug-likeness (QED) is 0.906. The summed E-state index contributed by atoms with van der Waals surface area (Å²) in [6.45, 7) is 6.18. The third kappa shape index (κ3) is 3.50. The first kappa shape index (κ1) is 16.7. The topological polar surface area (TPSA) is 28.2 Å². The van der Waals surface area contributed by atoms with E-state index in [1.54, 1.807) is 0 Å². The van der Waals surface area contributed by atoms with Crippen LogP contribution in [0.5, 0.6) is 0 Å². The summed E-state index contributed by atoms with van der Waals surface area (Å²) in [7, 11) is 0. The summed E-state index contributed by atoms with van der Waals surface area (Å²) < 4.78 is 0. The highest BCUT2D eigenvalue weighted by molar-refractivity contribution is 7.11. The lowest BCUT2D eigenvalue weighted by molar-refractivity contribution is 0.194. The Morgan fingerprint density at radius 1 is 1.23 bits per heavy atom. The fourth-order valence-electron chi connectivity index (χ4n) is 4.51. The summed E-state index contributed by atoms with van der Waals surface area (Å²) >= 11 is 1.99. The van der Waals surface area contributed by atoms with Gasteiger partial charge in [0.25, 0.3) is 0 Å². The monoisotopic (exact) mass is 341 g/mol. The van der Waals surface area contributed by atoms with Crippen LogP contribution in [0.4, 0.5) is 0 Å². The van der Waals surface area contributed by atoms with E-state index < -0.39 is 0 Å². The van der Waals surface area contributed by atoms with Crippen molar-refractivity contribution in [3.63, 3.8) is 0 Å². The smallest absolute Gasteiger partial charge is 0.0959 e. The standard InChI is InChI=1S/C17H27N3S.ClH/c1-2-4-14(3-1)16-19-11-15(21-16)12-20-10-7-17(13-20)5-8-18-9-6-17;/h11,14,18H,1-10,12-13H2;1H. The van der Waals surface area contributed by atoms with E-state index in [4.69, 9.17) is 4.98 Å². The molecule has 2 aliphatic heterocycles. The Balaban J connectivity index is 0.00000144. The van der Waals surface area contributed by atoms with Crippen molar-refractivity contribution >= 4 is 23.7 Å². The molecule has 22 heavy (non-hydrogen) atoms. The average molecular weight is 342 g/mol. The number of rotatable bonds is 3. The molecule has 1 spiro atoms. The van der Waals surface area contributed by atoms with Crippen molar-refractivity contribution in [3.8, 4) is 0 Å². The van der Waals surface area contributed by atoms with Gasteiger partial charge < -0.3 is 5.32 Å². The molecular formula is C17H28ClN3S. The van der Waals surface area contributed by atoms with Gasteiger partial charge in [0.1, 0.15) is 0 Å². The molecule has 0 amide bonds. The molecule has 0 radical (unpaired) electrons. The number of aromatic nitrogens is 1. The van der Waals surface area contributed by atoms with Gasteiger partial charge in [0, 0.05) is 30.1 Å². The van der Waals surface area contributed by atoms with Crippen LogP contribution in [0.1, 0.15) is 60.7 Å². The van der Waals surface area contributed by atoms with Gasteiger partial charge in [0.05, 0.1) is 5.01 Å². The van der Waals surface area contributed by atoms with Gasteiger partial charge in [0.15, 0.2) is 0 Å². The highest BCUT2D eigenvalue weighted by Gasteiger charge is 2.38. The van der Waals surface area contributed by atoms with E-state index in [-0.39, 0.29) is 12.4 Å². The van der Waals surface area contributed by atoms with Crippen LogP contribution in [0.15, 0.2) is 6.20 Å². The Kier molecular flexibility index (Phi) is 5.43. The van der Waals surface area contributed by atoms with E-state index in [0.717, 1.165) is 12.5 Å². The summed E-state index contributed by atoms with van der Waals surface area (Å²) in [5.74, 6) is 0.776. The second kappa shape index (κ2) is 7.16. The second-order valence-corrected chi connectivity index (χ2v) is 8.50. The van der Waals surface area contributed by atoms with Crippen LogP contribution in [0.2, 0.25) is 0 Å². The number of hydrogen-bond donors (Lipinski definition) is 1. The summed E-state index contributed by atoms with van der Waals surface area (Å²) in [4.78, 5) is 8.89. The number of nitrogens with one attached hydrogen (secondary N) is 1. The lowest BCUT2D eigenvalue weighted by atomic mass is 9.78. The van der Waals surface area contributed by atoms with Gasteiger partial charge in [-0.3, -0.25) is 4.90 Å². The molecule has 1 aromatic rings. The van der Waals surface area contributed by atoms with E-state index in [2.05, 4.69) is 16.4 Å². The van der Waals surface area contributed by atoms with E-state index >= 15 is 0 Å². The molecule has 0 unspecified atom stereocenters. The summed E-state index contributed by atoms with van der Waals surface area (Å²) in [6.07, 6.45) is 11.9. The predicted octanol–water partition coefficient (Wildman–Crippen LogP) is 3.80. The number of halogens is 1. The minimum absolute atomic E-state index is 0. The molecule has 1 N–H and O–H groups in total. The van der Waals surface area contributed by atoms with Crippen LogP contribution in [-0.4, -0.2) is 36.1 Å². The summed E-state index contributed by atoms with van der Waals surface area (Å²) in [6, 6.07) is 0. The molecule has 0 atom stereocenters. The first-order valence-electron chi connectivity index (χ1n) is 8.71. The van der Waals surface area contributed by atoms with Gasteiger partial charge in [-0.25, -0.2) is 4.98 Å². The zero-order valence-electron chi connectivity index (χ0n) is 13.4. The minimum Gasteiger partial charge on any atom is -0.317 e. The molecule has 3 nitrogen and oxygen atoms in total. The number of hydrogen-bond acceptors (Lipinski definition) is 4. The predicted molar refractivity (Wildman–Crippen MR) is 95.0 cm³/mol. The number of thiazole rings is 1. The van der Waals surface area contributed by atoms with E-state index in [1.807, 2.05) is 11.3 Å². The highest BCUT2D eigenvalue weighted by atomic mass is 35.5. The molecule has 0 aromatic carbocycles. The van der Waals surface area contributed by atoms with Crippen LogP contribution in [0, 0.1) is 5.41 Å². The van der Waals surface area contributed by atoms with Crippen molar-refractivity contribution in [2.24, 2.45) is 5.41 Å². The minimum atomic E-state index is 0. The van der Waals surface area contributed by atoms with E-state index in [1.165, 1.54) is 81.0 Å². The maximum absolute atomic E-state index is 4.73. The van der Waals surface area contributed by atoms with Crippen molar-refractivity contribution < 1.29 is 0 Å². The van der Waals surface area contributed by atoms with Crippen LogP contribution >= 0.6 is 23.7 Å². The lowest BCUT2D eigenvalue weighted by Crippen LogP contribution is -2.38. The van der Waals surface area contributed by atoms with Crippen molar-refractivity contribution in [3.05, 3.63) is 16.1 Å². The summed E-state index contributed by atoms with van der Waals surface area (Å²) in [5.41, 5.74) is 0.629. The number of likely N-dealkylation sites (tertiary alicyclic amines) is 1. The zero-order valence-corrected chi connectivity index (χ0v) is 15.0. The molecule has 3 aliphatic rings. The first-order valence-corrected chi connectivity index (χ1v) is 9.52. The fraction of sp³-hybridized carbons (Fsp3) is 0.824. The largest absolute Gasteiger partial charge is 0.317 e. The first-order chi connectivity index (χ1) is 10.3. The molecule has 3 heterocycles. The highest BCUT2D eigenvalue weighted by Crippen LogP contribution is 2.40. The Morgan fingerprint density at radius 2 is 2.00 bits per heavy atom. The molecular weight excluding hydrogens is 314 g/mol. The van der Waals surface area contributed by atoms with Crippen LogP contribution in [0.25, 0.3) is 0 Å². The van der Waals surface area contributed by atoms with Crippen LogP contribution in [-0.2, 0) is 6.54 Å².